The minimum Gasteiger partial charge on any atom is -0.415 e. The van der Waals surface area contributed by atoms with Crippen LogP contribution < -0.4 is 0 Å². The molecule has 0 amide bonds. The lowest BCUT2D eigenvalue weighted by Gasteiger charge is -2.34. The maximum absolute atomic E-state index is 10.6. The fourth-order valence-electron chi connectivity index (χ4n) is 3.13. The van der Waals surface area contributed by atoms with Gasteiger partial charge in [0, 0.05) is 5.75 Å². The van der Waals surface area contributed by atoms with E-state index in [9.17, 15) is 5.11 Å². The molecule has 1 aromatic heterocycles. The highest BCUT2D eigenvalue weighted by Gasteiger charge is 2.32. The first kappa shape index (κ1) is 15.3. The van der Waals surface area contributed by atoms with Crippen molar-refractivity contribution in [1.29, 1.82) is 0 Å². The molecule has 1 aliphatic heterocycles. The first-order valence-corrected chi connectivity index (χ1v) is 9.01. The minimum absolute atomic E-state index is 0.555. The monoisotopic (exact) mass is 311 g/mol. The van der Waals surface area contributed by atoms with Gasteiger partial charge in [-0.25, -0.2) is 0 Å². The van der Waals surface area contributed by atoms with Gasteiger partial charge in [0.1, 0.15) is 0 Å². The van der Waals surface area contributed by atoms with E-state index in [4.69, 9.17) is 4.42 Å². The molecule has 0 radical (unpaired) electrons. The van der Waals surface area contributed by atoms with Gasteiger partial charge in [-0.2, -0.15) is 0 Å². The van der Waals surface area contributed by atoms with Gasteiger partial charge in [0.25, 0.3) is 5.22 Å². The second kappa shape index (κ2) is 6.67. The molecule has 0 bridgehead atoms. The molecular weight excluding hydrogens is 286 g/mol. The van der Waals surface area contributed by atoms with Crippen LogP contribution in [0.4, 0.5) is 0 Å². The van der Waals surface area contributed by atoms with Crippen molar-refractivity contribution in [2.24, 2.45) is 5.92 Å². The van der Waals surface area contributed by atoms with Crippen LogP contribution in [0.5, 0.6) is 0 Å². The van der Waals surface area contributed by atoms with Crippen molar-refractivity contribution in [3.05, 3.63) is 5.89 Å². The number of likely N-dealkylation sites (tertiary alicyclic amines) is 1. The fourth-order valence-corrected chi connectivity index (χ4v) is 4.07. The van der Waals surface area contributed by atoms with Crippen LogP contribution in [0.3, 0.4) is 0 Å². The third kappa shape index (κ3) is 4.20. The van der Waals surface area contributed by atoms with Gasteiger partial charge in [-0.05, 0) is 57.5 Å². The van der Waals surface area contributed by atoms with Gasteiger partial charge in [-0.1, -0.05) is 18.7 Å². The molecule has 0 atom stereocenters. The molecule has 1 saturated carbocycles. The third-order valence-corrected chi connectivity index (χ3v) is 5.77. The molecule has 0 unspecified atom stereocenters. The summed E-state index contributed by atoms with van der Waals surface area (Å²) in [6.45, 7) is 5.27. The zero-order chi connectivity index (χ0) is 14.7. The second-order valence-electron chi connectivity index (χ2n) is 6.64. The van der Waals surface area contributed by atoms with Gasteiger partial charge in [0.2, 0.25) is 5.89 Å². The first-order valence-electron chi connectivity index (χ1n) is 8.03. The summed E-state index contributed by atoms with van der Waals surface area (Å²) in [5, 5.41) is 19.4. The predicted molar refractivity (Wildman–Crippen MR) is 82.1 cm³/mol. The molecule has 1 saturated heterocycles. The van der Waals surface area contributed by atoms with Crippen LogP contribution in [-0.2, 0) is 6.54 Å². The summed E-state index contributed by atoms with van der Waals surface area (Å²) in [4.78, 5) is 2.35. The summed E-state index contributed by atoms with van der Waals surface area (Å²) >= 11 is 1.50. The van der Waals surface area contributed by atoms with Crippen LogP contribution in [0, 0.1) is 5.92 Å². The van der Waals surface area contributed by atoms with Crippen molar-refractivity contribution < 1.29 is 9.52 Å². The Morgan fingerprint density at radius 2 is 2.00 bits per heavy atom. The van der Waals surface area contributed by atoms with Gasteiger partial charge >= 0.3 is 0 Å². The molecule has 5 nitrogen and oxygen atoms in total. The highest BCUT2D eigenvalue weighted by Crippen LogP contribution is 2.35. The number of rotatable bonds is 5. The lowest BCUT2D eigenvalue weighted by Crippen LogP contribution is -2.36. The fraction of sp³-hybridized carbons (Fsp3) is 0.867. The Morgan fingerprint density at radius 3 is 2.71 bits per heavy atom. The Kier molecular flexibility index (Phi) is 4.86. The Hall–Kier alpha value is -0.590. The molecule has 2 aliphatic rings. The normalized spacial score (nSPS) is 30.9. The van der Waals surface area contributed by atoms with Crippen molar-refractivity contribution in [2.75, 3.05) is 18.8 Å². The number of aliphatic hydroxyl groups is 1. The van der Waals surface area contributed by atoms with Crippen LogP contribution >= 0.6 is 11.8 Å². The van der Waals surface area contributed by atoms with E-state index < -0.39 is 5.60 Å². The van der Waals surface area contributed by atoms with E-state index in [1.54, 1.807) is 0 Å². The zero-order valence-electron chi connectivity index (χ0n) is 12.8. The molecule has 1 aromatic rings. The number of aromatic nitrogens is 2. The van der Waals surface area contributed by atoms with E-state index in [2.05, 4.69) is 22.0 Å². The van der Waals surface area contributed by atoms with Gasteiger partial charge in [0.05, 0.1) is 12.1 Å². The van der Waals surface area contributed by atoms with Crippen LogP contribution in [0.2, 0.25) is 0 Å². The van der Waals surface area contributed by atoms with Crippen molar-refractivity contribution in [3.8, 4) is 0 Å². The molecular formula is C15H25N3O2S. The maximum Gasteiger partial charge on any atom is 0.276 e. The van der Waals surface area contributed by atoms with E-state index in [1.165, 1.54) is 24.6 Å². The van der Waals surface area contributed by atoms with Crippen molar-refractivity contribution in [1.82, 2.24) is 15.1 Å². The molecule has 2 heterocycles. The summed E-state index contributed by atoms with van der Waals surface area (Å²) in [5.74, 6) is 2.10. The highest BCUT2D eigenvalue weighted by molar-refractivity contribution is 7.99. The number of nitrogens with zero attached hydrogens (tertiary/aromatic N) is 3. The van der Waals surface area contributed by atoms with Crippen LogP contribution in [-0.4, -0.2) is 44.6 Å². The maximum atomic E-state index is 10.6. The predicted octanol–water partition coefficient (Wildman–Crippen LogP) is 2.70. The Labute approximate surface area is 130 Å². The SMILES string of the molecule is CC1CCC(O)(CSc2nnc(CN3CCCC3)o2)CC1. The van der Waals surface area contributed by atoms with Crippen LogP contribution in [0.1, 0.15) is 51.3 Å². The van der Waals surface area contributed by atoms with E-state index >= 15 is 0 Å². The van der Waals surface area contributed by atoms with Crippen molar-refractivity contribution in [2.45, 2.75) is 62.8 Å². The molecule has 2 fully saturated rings. The van der Waals surface area contributed by atoms with Crippen molar-refractivity contribution >= 4 is 11.8 Å². The lowest BCUT2D eigenvalue weighted by molar-refractivity contribution is 0.0148. The van der Waals surface area contributed by atoms with Gasteiger partial charge in [-0.15, -0.1) is 10.2 Å². The molecule has 1 N–H and O–H groups in total. The van der Waals surface area contributed by atoms with E-state index in [1.807, 2.05) is 0 Å². The number of hydrogen-bond acceptors (Lipinski definition) is 6. The molecule has 6 heteroatoms. The number of thioether (sulfide) groups is 1. The average molecular weight is 311 g/mol. The Morgan fingerprint density at radius 1 is 1.29 bits per heavy atom. The molecule has 0 spiro atoms. The minimum atomic E-state index is -0.555. The summed E-state index contributed by atoms with van der Waals surface area (Å²) in [5.41, 5.74) is -0.555. The average Bonchev–Trinajstić information content (AvgIpc) is 3.13. The smallest absolute Gasteiger partial charge is 0.276 e. The summed E-state index contributed by atoms with van der Waals surface area (Å²) in [7, 11) is 0. The quantitative estimate of drug-likeness (QED) is 0.844. The summed E-state index contributed by atoms with van der Waals surface area (Å²) < 4.78 is 5.69. The Balaban J connectivity index is 1.48. The number of hydrogen-bond donors (Lipinski definition) is 1. The van der Waals surface area contributed by atoms with E-state index in [0.717, 1.165) is 51.2 Å². The molecule has 1 aliphatic carbocycles. The van der Waals surface area contributed by atoms with E-state index in [0.29, 0.717) is 16.9 Å². The van der Waals surface area contributed by atoms with Crippen LogP contribution in [0.25, 0.3) is 0 Å². The van der Waals surface area contributed by atoms with E-state index in [-0.39, 0.29) is 0 Å². The second-order valence-corrected chi connectivity index (χ2v) is 7.57. The topological polar surface area (TPSA) is 62.4 Å². The first-order chi connectivity index (χ1) is 10.1. The standard InChI is InChI=1S/C15H25N3O2S/c1-12-4-6-15(19,7-5-12)11-21-14-17-16-13(20-14)10-18-8-2-3-9-18/h12,19H,2-11H2,1H3. The summed E-state index contributed by atoms with van der Waals surface area (Å²) in [6.07, 6.45) is 6.52. The Bertz CT molecular complexity index is 452. The van der Waals surface area contributed by atoms with Crippen LogP contribution in [0.15, 0.2) is 9.64 Å². The largest absolute Gasteiger partial charge is 0.415 e. The summed E-state index contributed by atoms with van der Waals surface area (Å²) in [6, 6.07) is 0. The molecule has 21 heavy (non-hydrogen) atoms. The molecule has 118 valence electrons. The van der Waals surface area contributed by atoms with Crippen molar-refractivity contribution in [3.63, 3.8) is 0 Å². The molecule has 3 rings (SSSR count). The third-order valence-electron chi connectivity index (χ3n) is 4.68. The lowest BCUT2D eigenvalue weighted by atomic mass is 9.81. The molecule has 0 aromatic carbocycles. The van der Waals surface area contributed by atoms with Gasteiger partial charge in [0.15, 0.2) is 0 Å². The highest BCUT2D eigenvalue weighted by atomic mass is 32.2. The zero-order valence-corrected chi connectivity index (χ0v) is 13.6. The van der Waals surface area contributed by atoms with Gasteiger partial charge in [-0.3, -0.25) is 4.90 Å². The van der Waals surface area contributed by atoms with Gasteiger partial charge < -0.3 is 9.52 Å².